The number of aryl methyl sites for hydroxylation is 1. The highest BCUT2D eigenvalue weighted by atomic mass is 16.5. The molecule has 1 aliphatic heterocycles. The van der Waals surface area contributed by atoms with Crippen molar-refractivity contribution in [2.75, 3.05) is 19.8 Å². The third-order valence-electron chi connectivity index (χ3n) is 4.04. The quantitative estimate of drug-likeness (QED) is 0.873. The molecule has 1 fully saturated rings. The highest BCUT2D eigenvalue weighted by molar-refractivity contribution is 5.14. The fourth-order valence-electron chi connectivity index (χ4n) is 2.89. The van der Waals surface area contributed by atoms with E-state index in [1.165, 1.54) is 5.56 Å². The average molecular weight is 266 g/mol. The van der Waals surface area contributed by atoms with Gasteiger partial charge in [0.25, 0.3) is 0 Å². The van der Waals surface area contributed by atoms with Crippen molar-refractivity contribution in [1.82, 2.24) is 14.7 Å². The molecule has 0 radical (unpaired) electrons. The summed E-state index contributed by atoms with van der Waals surface area (Å²) in [5.41, 5.74) is 7.61. The molecule has 3 atom stereocenters. The molecule has 0 bridgehead atoms. The molecule has 19 heavy (non-hydrogen) atoms. The minimum absolute atomic E-state index is 0.136. The number of ether oxygens (including phenoxy) is 1. The van der Waals surface area contributed by atoms with Gasteiger partial charge in [-0.3, -0.25) is 9.58 Å². The van der Waals surface area contributed by atoms with Gasteiger partial charge in [-0.05, 0) is 12.8 Å². The van der Waals surface area contributed by atoms with E-state index in [0.717, 1.165) is 32.6 Å². The van der Waals surface area contributed by atoms with Crippen molar-refractivity contribution in [2.45, 2.75) is 44.8 Å². The summed E-state index contributed by atoms with van der Waals surface area (Å²) in [5, 5.41) is 4.30. The monoisotopic (exact) mass is 266 g/mol. The molecule has 5 heteroatoms. The summed E-state index contributed by atoms with van der Waals surface area (Å²) in [7, 11) is 1.95. The van der Waals surface area contributed by atoms with Crippen molar-refractivity contribution in [2.24, 2.45) is 12.8 Å². The van der Waals surface area contributed by atoms with Crippen LogP contribution in [0.25, 0.3) is 0 Å². The Labute approximate surface area is 115 Å². The third kappa shape index (κ3) is 3.16. The average Bonchev–Trinajstić information content (AvgIpc) is 2.85. The van der Waals surface area contributed by atoms with Crippen molar-refractivity contribution in [1.29, 1.82) is 0 Å². The lowest BCUT2D eigenvalue weighted by Crippen LogP contribution is -2.51. The first kappa shape index (κ1) is 14.5. The molecule has 0 amide bonds. The number of nitrogens with zero attached hydrogens (tertiary/aromatic N) is 3. The first-order chi connectivity index (χ1) is 9.17. The molecule has 0 aromatic carbocycles. The van der Waals surface area contributed by atoms with Crippen LogP contribution in [0.4, 0.5) is 0 Å². The highest BCUT2D eigenvalue weighted by Gasteiger charge is 2.33. The minimum Gasteiger partial charge on any atom is -0.378 e. The Morgan fingerprint density at radius 1 is 1.53 bits per heavy atom. The summed E-state index contributed by atoms with van der Waals surface area (Å²) in [6.45, 7) is 6.92. The molecular formula is C14H26N4O. The second-order valence-electron chi connectivity index (χ2n) is 5.34. The Balaban J connectivity index is 2.26. The van der Waals surface area contributed by atoms with Crippen LogP contribution >= 0.6 is 0 Å². The van der Waals surface area contributed by atoms with Gasteiger partial charge < -0.3 is 10.5 Å². The zero-order chi connectivity index (χ0) is 13.8. The van der Waals surface area contributed by atoms with Gasteiger partial charge in [-0.1, -0.05) is 13.8 Å². The number of hydrogen-bond acceptors (Lipinski definition) is 4. The Hall–Kier alpha value is -0.910. The fourth-order valence-corrected chi connectivity index (χ4v) is 2.89. The van der Waals surface area contributed by atoms with Gasteiger partial charge in [0.1, 0.15) is 0 Å². The molecular weight excluding hydrogens is 240 g/mol. The zero-order valence-electron chi connectivity index (χ0n) is 12.2. The lowest BCUT2D eigenvalue weighted by Gasteiger charge is -2.42. The van der Waals surface area contributed by atoms with Gasteiger partial charge >= 0.3 is 0 Å². The van der Waals surface area contributed by atoms with Crippen LogP contribution in [0, 0.1) is 0 Å². The van der Waals surface area contributed by atoms with Gasteiger partial charge in [0.2, 0.25) is 0 Å². The van der Waals surface area contributed by atoms with Crippen molar-refractivity contribution in [3.8, 4) is 0 Å². The Bertz CT molecular complexity index is 393. The number of hydrogen-bond donors (Lipinski definition) is 1. The Morgan fingerprint density at radius 2 is 2.32 bits per heavy atom. The molecule has 0 spiro atoms. The maximum atomic E-state index is 6.39. The first-order valence-corrected chi connectivity index (χ1v) is 7.25. The van der Waals surface area contributed by atoms with Crippen molar-refractivity contribution < 1.29 is 4.74 Å². The normalized spacial score (nSPS) is 24.3. The van der Waals surface area contributed by atoms with E-state index < -0.39 is 0 Å². The zero-order valence-corrected chi connectivity index (χ0v) is 12.2. The van der Waals surface area contributed by atoms with E-state index in [9.17, 15) is 0 Å². The highest BCUT2D eigenvalue weighted by Crippen LogP contribution is 2.29. The summed E-state index contributed by atoms with van der Waals surface area (Å²) in [5.74, 6) is 0. The maximum Gasteiger partial charge on any atom is 0.0622 e. The van der Waals surface area contributed by atoms with Gasteiger partial charge in [-0.15, -0.1) is 0 Å². The van der Waals surface area contributed by atoms with E-state index in [1.807, 2.05) is 17.9 Å². The van der Waals surface area contributed by atoms with Crippen LogP contribution in [-0.2, 0) is 11.8 Å². The summed E-state index contributed by atoms with van der Waals surface area (Å²) in [6.07, 6.45) is 6.09. The lowest BCUT2D eigenvalue weighted by molar-refractivity contribution is -0.0362. The molecule has 108 valence electrons. The van der Waals surface area contributed by atoms with E-state index in [2.05, 4.69) is 30.0 Å². The predicted octanol–water partition coefficient (Wildman–Crippen LogP) is 1.31. The van der Waals surface area contributed by atoms with E-state index >= 15 is 0 Å². The fraction of sp³-hybridized carbons (Fsp3) is 0.786. The van der Waals surface area contributed by atoms with Crippen molar-refractivity contribution in [3.05, 3.63) is 18.0 Å². The molecule has 1 aromatic rings. The molecule has 3 unspecified atom stereocenters. The van der Waals surface area contributed by atoms with Crippen LogP contribution in [0.15, 0.2) is 12.4 Å². The number of rotatable bonds is 5. The van der Waals surface area contributed by atoms with Crippen LogP contribution in [-0.4, -0.2) is 46.5 Å². The van der Waals surface area contributed by atoms with Gasteiger partial charge in [-0.25, -0.2) is 0 Å². The molecule has 2 N–H and O–H groups in total. The largest absolute Gasteiger partial charge is 0.378 e. The topological polar surface area (TPSA) is 56.3 Å². The maximum absolute atomic E-state index is 6.39. The SMILES string of the molecule is CCC(N)C(c1cnn(C)c1)N1CCOCC1CC. The van der Waals surface area contributed by atoms with Gasteiger partial charge in [0.15, 0.2) is 0 Å². The molecule has 2 rings (SSSR count). The lowest BCUT2D eigenvalue weighted by atomic mass is 9.96. The molecule has 0 aliphatic carbocycles. The van der Waals surface area contributed by atoms with Gasteiger partial charge in [-0.2, -0.15) is 5.10 Å². The van der Waals surface area contributed by atoms with Crippen molar-refractivity contribution >= 4 is 0 Å². The molecule has 2 heterocycles. The Kier molecular flexibility index (Phi) is 4.96. The van der Waals surface area contributed by atoms with Crippen LogP contribution in [0.5, 0.6) is 0 Å². The Morgan fingerprint density at radius 3 is 2.89 bits per heavy atom. The summed E-state index contributed by atoms with van der Waals surface area (Å²) >= 11 is 0. The summed E-state index contributed by atoms with van der Waals surface area (Å²) in [4.78, 5) is 2.51. The number of nitrogens with two attached hydrogens (primary N) is 1. The van der Waals surface area contributed by atoms with E-state index in [4.69, 9.17) is 10.5 Å². The molecule has 1 saturated heterocycles. The van der Waals surface area contributed by atoms with E-state index in [1.54, 1.807) is 0 Å². The van der Waals surface area contributed by atoms with Crippen LogP contribution in [0.2, 0.25) is 0 Å². The summed E-state index contributed by atoms with van der Waals surface area (Å²) in [6, 6.07) is 0.834. The molecule has 1 aliphatic rings. The minimum atomic E-state index is 0.136. The predicted molar refractivity (Wildman–Crippen MR) is 75.8 cm³/mol. The van der Waals surface area contributed by atoms with Crippen LogP contribution in [0.3, 0.4) is 0 Å². The molecule has 1 aromatic heterocycles. The summed E-state index contributed by atoms with van der Waals surface area (Å²) < 4.78 is 7.46. The van der Waals surface area contributed by atoms with Gasteiger partial charge in [0.05, 0.1) is 25.5 Å². The number of aromatic nitrogens is 2. The van der Waals surface area contributed by atoms with Crippen LogP contribution < -0.4 is 5.73 Å². The van der Waals surface area contributed by atoms with Gasteiger partial charge in [0, 0.05) is 37.4 Å². The number of morpholine rings is 1. The second kappa shape index (κ2) is 6.50. The smallest absolute Gasteiger partial charge is 0.0622 e. The van der Waals surface area contributed by atoms with E-state index in [-0.39, 0.29) is 12.1 Å². The second-order valence-corrected chi connectivity index (χ2v) is 5.34. The third-order valence-corrected chi connectivity index (χ3v) is 4.04. The van der Waals surface area contributed by atoms with E-state index in [0.29, 0.717) is 6.04 Å². The van der Waals surface area contributed by atoms with Crippen LogP contribution in [0.1, 0.15) is 38.3 Å². The first-order valence-electron chi connectivity index (χ1n) is 7.25. The molecule has 0 saturated carbocycles. The standard InChI is InChI=1S/C14H26N4O/c1-4-12-10-19-7-6-18(12)14(13(15)5-2)11-8-16-17(3)9-11/h8-9,12-14H,4-7,10,15H2,1-3H3. The molecule has 5 nitrogen and oxygen atoms in total. The van der Waals surface area contributed by atoms with Crippen molar-refractivity contribution in [3.63, 3.8) is 0 Å².